The number of aliphatic hydroxyl groups excluding tert-OH is 1. The molecular formula is C15H22N2O. The molecule has 1 aliphatic heterocycles. The molecule has 0 aromatic heterocycles. The predicted molar refractivity (Wildman–Crippen MR) is 73.1 cm³/mol. The molecule has 1 heterocycles. The van der Waals surface area contributed by atoms with E-state index >= 15 is 0 Å². The van der Waals surface area contributed by atoms with Crippen molar-refractivity contribution in [2.75, 3.05) is 6.61 Å². The molecule has 0 bridgehead atoms. The molecule has 1 N–H and O–H groups in total. The number of azo groups is 1. The molecule has 0 radical (unpaired) electrons. The average molecular weight is 246 g/mol. The Balaban J connectivity index is 2.32. The van der Waals surface area contributed by atoms with Gasteiger partial charge < -0.3 is 5.11 Å². The van der Waals surface area contributed by atoms with Gasteiger partial charge in [-0.3, -0.25) is 0 Å². The van der Waals surface area contributed by atoms with Crippen molar-refractivity contribution in [3.05, 3.63) is 35.2 Å². The van der Waals surface area contributed by atoms with Crippen molar-refractivity contribution in [2.24, 2.45) is 16.1 Å². The molecule has 0 spiro atoms. The van der Waals surface area contributed by atoms with E-state index in [1.807, 2.05) is 13.0 Å². The molecule has 18 heavy (non-hydrogen) atoms. The molecule has 1 aliphatic carbocycles. The molecule has 1 unspecified atom stereocenters. The highest BCUT2D eigenvalue weighted by Crippen LogP contribution is 2.38. The summed E-state index contributed by atoms with van der Waals surface area (Å²) in [5.41, 5.74) is 3.51. The van der Waals surface area contributed by atoms with Crippen molar-refractivity contribution in [2.45, 2.75) is 45.4 Å². The summed E-state index contributed by atoms with van der Waals surface area (Å²) in [5.74, 6) is 0.450. The minimum absolute atomic E-state index is 0.0629. The maximum Gasteiger partial charge on any atom is 0.0853 e. The number of hydrogen-bond donors (Lipinski definition) is 1. The van der Waals surface area contributed by atoms with E-state index in [9.17, 15) is 0 Å². The van der Waals surface area contributed by atoms with Crippen molar-refractivity contribution in [3.8, 4) is 0 Å². The summed E-state index contributed by atoms with van der Waals surface area (Å²) in [5, 5.41) is 17.5. The van der Waals surface area contributed by atoms with Gasteiger partial charge in [-0.25, -0.2) is 0 Å². The fraction of sp³-hybridized carbons (Fsp3) is 0.600. The van der Waals surface area contributed by atoms with Crippen LogP contribution in [-0.2, 0) is 0 Å². The van der Waals surface area contributed by atoms with E-state index in [4.69, 9.17) is 5.11 Å². The van der Waals surface area contributed by atoms with Crippen LogP contribution in [0.3, 0.4) is 0 Å². The van der Waals surface area contributed by atoms with Crippen LogP contribution in [-0.4, -0.2) is 11.7 Å². The Bertz CT molecular complexity index is 405. The first-order chi connectivity index (χ1) is 8.86. The van der Waals surface area contributed by atoms with Crippen LogP contribution in [0.15, 0.2) is 45.4 Å². The molecule has 98 valence electrons. The molecule has 3 heteroatoms. The maximum absolute atomic E-state index is 8.90. The van der Waals surface area contributed by atoms with Gasteiger partial charge in [0.2, 0.25) is 0 Å². The third-order valence-electron chi connectivity index (χ3n) is 3.75. The number of allylic oxidation sites excluding steroid dienone is 3. The van der Waals surface area contributed by atoms with Crippen molar-refractivity contribution in [3.63, 3.8) is 0 Å². The lowest BCUT2D eigenvalue weighted by molar-refractivity contribution is 0.342. The Labute approximate surface area is 109 Å². The molecule has 1 fully saturated rings. The number of nitrogens with zero attached hydrogens (tertiary/aromatic N) is 2. The number of rotatable bonds is 2. The van der Waals surface area contributed by atoms with Crippen LogP contribution < -0.4 is 0 Å². The lowest BCUT2D eigenvalue weighted by Crippen LogP contribution is -2.13. The Hall–Kier alpha value is -1.22. The lowest BCUT2D eigenvalue weighted by atomic mass is 9.82. The molecule has 0 amide bonds. The SMILES string of the molecule is C/C=C1\N=NC(/C=C\CO)=C2CCCCCCC21. The van der Waals surface area contributed by atoms with Gasteiger partial charge >= 0.3 is 0 Å². The third kappa shape index (κ3) is 2.96. The zero-order chi connectivity index (χ0) is 12.8. The summed E-state index contributed by atoms with van der Waals surface area (Å²) in [6, 6.07) is 0. The smallest absolute Gasteiger partial charge is 0.0853 e. The number of fused-ring (bicyclic) bond motifs is 1. The van der Waals surface area contributed by atoms with E-state index in [1.165, 1.54) is 37.7 Å². The van der Waals surface area contributed by atoms with Crippen molar-refractivity contribution < 1.29 is 5.11 Å². The lowest BCUT2D eigenvalue weighted by Gasteiger charge is -2.27. The second kappa shape index (κ2) is 6.64. The monoisotopic (exact) mass is 246 g/mol. The quantitative estimate of drug-likeness (QED) is 0.782. The number of hydrogen-bond acceptors (Lipinski definition) is 3. The summed E-state index contributed by atoms with van der Waals surface area (Å²) in [6.07, 6.45) is 13.2. The maximum atomic E-state index is 8.90. The second-order valence-corrected chi connectivity index (χ2v) is 4.91. The summed E-state index contributed by atoms with van der Waals surface area (Å²) in [6.45, 7) is 2.10. The van der Waals surface area contributed by atoms with Gasteiger partial charge in [0.15, 0.2) is 0 Å². The highest BCUT2D eigenvalue weighted by Gasteiger charge is 2.25. The fourth-order valence-electron chi connectivity index (χ4n) is 2.81. The van der Waals surface area contributed by atoms with E-state index in [1.54, 1.807) is 6.08 Å². The summed E-state index contributed by atoms with van der Waals surface area (Å²) in [7, 11) is 0. The van der Waals surface area contributed by atoms with Crippen LogP contribution in [0.2, 0.25) is 0 Å². The van der Waals surface area contributed by atoms with E-state index in [0.29, 0.717) is 5.92 Å². The molecule has 1 saturated carbocycles. The molecule has 3 nitrogen and oxygen atoms in total. The molecule has 0 aromatic carbocycles. The standard InChI is InChI=1S/C15H22N2O/c1-2-14-12-8-5-3-4-6-9-13(12)15(17-16-14)10-7-11-18/h2,7,10,12,18H,3-6,8-9,11H2,1H3/b10-7-,14-2-. The fourth-order valence-corrected chi connectivity index (χ4v) is 2.81. The zero-order valence-electron chi connectivity index (χ0n) is 11.1. The Morgan fingerprint density at radius 1 is 1.22 bits per heavy atom. The molecule has 1 atom stereocenters. The van der Waals surface area contributed by atoms with Gasteiger partial charge in [-0.2, -0.15) is 10.2 Å². The van der Waals surface area contributed by atoms with E-state index in [0.717, 1.165) is 17.8 Å². The Morgan fingerprint density at radius 3 is 2.83 bits per heavy atom. The van der Waals surface area contributed by atoms with Gasteiger partial charge in [0, 0.05) is 5.92 Å². The molecule has 2 aliphatic rings. The molecule has 2 rings (SSSR count). The molecular weight excluding hydrogens is 224 g/mol. The summed E-state index contributed by atoms with van der Waals surface area (Å²) in [4.78, 5) is 0. The summed E-state index contributed by atoms with van der Waals surface area (Å²) >= 11 is 0. The number of aliphatic hydroxyl groups is 1. The van der Waals surface area contributed by atoms with E-state index in [2.05, 4.69) is 16.3 Å². The van der Waals surface area contributed by atoms with Crippen molar-refractivity contribution in [1.29, 1.82) is 0 Å². The van der Waals surface area contributed by atoms with E-state index < -0.39 is 0 Å². The first-order valence-electron chi connectivity index (χ1n) is 6.95. The van der Waals surface area contributed by atoms with Gasteiger partial charge in [0.25, 0.3) is 0 Å². The largest absolute Gasteiger partial charge is 0.392 e. The van der Waals surface area contributed by atoms with E-state index in [-0.39, 0.29) is 6.61 Å². The van der Waals surface area contributed by atoms with Crippen LogP contribution in [0, 0.1) is 5.92 Å². The van der Waals surface area contributed by atoms with Gasteiger partial charge in [0.1, 0.15) is 0 Å². The van der Waals surface area contributed by atoms with Crippen LogP contribution in [0.5, 0.6) is 0 Å². The highest BCUT2D eigenvalue weighted by molar-refractivity contribution is 5.34. The van der Waals surface area contributed by atoms with Gasteiger partial charge in [-0.15, -0.1) is 0 Å². The predicted octanol–water partition coefficient (Wildman–Crippen LogP) is 4.13. The minimum atomic E-state index is 0.0629. The third-order valence-corrected chi connectivity index (χ3v) is 3.75. The van der Waals surface area contributed by atoms with Crippen molar-refractivity contribution >= 4 is 0 Å². The molecule has 0 saturated heterocycles. The van der Waals surface area contributed by atoms with Crippen LogP contribution in [0.1, 0.15) is 45.4 Å². The van der Waals surface area contributed by atoms with Crippen LogP contribution in [0.25, 0.3) is 0 Å². The minimum Gasteiger partial charge on any atom is -0.392 e. The van der Waals surface area contributed by atoms with Crippen LogP contribution in [0.4, 0.5) is 0 Å². The topological polar surface area (TPSA) is 45.0 Å². The normalized spacial score (nSPS) is 27.4. The summed E-state index contributed by atoms with van der Waals surface area (Å²) < 4.78 is 0. The first kappa shape index (κ1) is 13.2. The molecule has 0 aromatic rings. The zero-order valence-corrected chi connectivity index (χ0v) is 11.1. The van der Waals surface area contributed by atoms with Gasteiger partial charge in [-0.05, 0) is 37.8 Å². The van der Waals surface area contributed by atoms with Gasteiger partial charge in [-0.1, -0.05) is 31.4 Å². The highest BCUT2D eigenvalue weighted by atomic mass is 16.2. The van der Waals surface area contributed by atoms with Gasteiger partial charge in [0.05, 0.1) is 18.0 Å². The van der Waals surface area contributed by atoms with Crippen molar-refractivity contribution in [1.82, 2.24) is 0 Å². The second-order valence-electron chi connectivity index (χ2n) is 4.91. The first-order valence-corrected chi connectivity index (χ1v) is 6.95. The van der Waals surface area contributed by atoms with Crippen LogP contribution >= 0.6 is 0 Å². The Kier molecular flexibility index (Phi) is 4.88. The Morgan fingerprint density at radius 2 is 2.06 bits per heavy atom. The average Bonchev–Trinajstić information content (AvgIpc) is 2.36.